The molecule has 4 heteroatoms. The van der Waals surface area contributed by atoms with E-state index >= 15 is 0 Å². The zero-order valence-electron chi connectivity index (χ0n) is 10.6. The van der Waals surface area contributed by atoms with Gasteiger partial charge < -0.3 is 15.4 Å². The van der Waals surface area contributed by atoms with E-state index in [9.17, 15) is 4.79 Å². The smallest absolute Gasteiger partial charge is 0.223 e. The predicted octanol–water partition coefficient (Wildman–Crippen LogP) is 0.855. The van der Waals surface area contributed by atoms with Gasteiger partial charge in [0.1, 0.15) is 0 Å². The molecule has 1 saturated heterocycles. The number of likely N-dealkylation sites (tertiary alicyclic amines) is 1. The summed E-state index contributed by atoms with van der Waals surface area (Å²) in [6.07, 6.45) is 1.62. The molecule has 1 rings (SSSR count). The quantitative estimate of drug-likeness (QED) is 0.759. The molecule has 0 bridgehead atoms. The number of carbonyl (C=O) groups excluding carboxylic acids is 1. The van der Waals surface area contributed by atoms with Gasteiger partial charge in [-0.15, -0.1) is 0 Å². The molecule has 0 spiro atoms. The highest BCUT2D eigenvalue weighted by atomic mass is 16.5. The van der Waals surface area contributed by atoms with Crippen LogP contribution in [0.1, 0.15) is 26.7 Å². The first kappa shape index (κ1) is 13.5. The summed E-state index contributed by atoms with van der Waals surface area (Å²) in [4.78, 5) is 14.0. The van der Waals surface area contributed by atoms with Crippen LogP contribution in [0, 0.1) is 11.8 Å². The van der Waals surface area contributed by atoms with Crippen LogP contribution in [0.4, 0.5) is 0 Å². The number of carbonyl (C=O) groups is 1. The molecule has 1 aliphatic heterocycles. The number of ether oxygens (including phenoxy) is 1. The molecule has 0 saturated carbocycles. The van der Waals surface area contributed by atoms with Gasteiger partial charge in [-0.25, -0.2) is 0 Å². The van der Waals surface area contributed by atoms with Crippen LogP contribution in [0.15, 0.2) is 0 Å². The van der Waals surface area contributed by atoms with Crippen molar-refractivity contribution in [2.75, 3.05) is 26.8 Å². The average Bonchev–Trinajstić information content (AvgIpc) is 2.60. The van der Waals surface area contributed by atoms with Crippen molar-refractivity contribution in [3.05, 3.63) is 0 Å². The number of hydrogen-bond acceptors (Lipinski definition) is 3. The molecule has 0 aromatic rings. The van der Waals surface area contributed by atoms with E-state index in [1.807, 2.05) is 11.8 Å². The third-order valence-electron chi connectivity index (χ3n) is 3.29. The molecule has 1 amide bonds. The SMILES string of the molecule is COCC(C)CC(=O)N1CC(CN)CC1C. The third kappa shape index (κ3) is 3.46. The molecule has 0 aromatic carbocycles. The summed E-state index contributed by atoms with van der Waals surface area (Å²) in [5.74, 6) is 1.02. The minimum atomic E-state index is 0.244. The van der Waals surface area contributed by atoms with E-state index in [1.165, 1.54) is 0 Å². The summed E-state index contributed by atoms with van der Waals surface area (Å²) in [6, 6.07) is 0.343. The Morgan fingerprint density at radius 3 is 2.81 bits per heavy atom. The maximum atomic E-state index is 12.0. The monoisotopic (exact) mass is 228 g/mol. The summed E-state index contributed by atoms with van der Waals surface area (Å²) < 4.78 is 5.05. The van der Waals surface area contributed by atoms with Gasteiger partial charge >= 0.3 is 0 Å². The largest absolute Gasteiger partial charge is 0.384 e. The lowest BCUT2D eigenvalue weighted by atomic mass is 10.1. The molecular weight excluding hydrogens is 204 g/mol. The van der Waals surface area contributed by atoms with Gasteiger partial charge in [-0.2, -0.15) is 0 Å². The van der Waals surface area contributed by atoms with Crippen LogP contribution in [-0.2, 0) is 9.53 Å². The normalized spacial score (nSPS) is 27.1. The Labute approximate surface area is 98.1 Å². The first-order valence-corrected chi connectivity index (χ1v) is 6.07. The van der Waals surface area contributed by atoms with Crippen LogP contribution in [0.5, 0.6) is 0 Å². The molecule has 0 aromatic heterocycles. The highest BCUT2D eigenvalue weighted by molar-refractivity contribution is 5.77. The van der Waals surface area contributed by atoms with Crippen LogP contribution < -0.4 is 5.73 Å². The van der Waals surface area contributed by atoms with Crippen LogP contribution in [0.3, 0.4) is 0 Å². The summed E-state index contributed by atoms with van der Waals surface area (Å²) in [5.41, 5.74) is 5.65. The summed E-state index contributed by atoms with van der Waals surface area (Å²) in [6.45, 7) is 6.31. The molecule has 2 N–H and O–H groups in total. The lowest BCUT2D eigenvalue weighted by Gasteiger charge is -2.23. The Kier molecular flexibility index (Phi) is 5.22. The number of amides is 1. The lowest BCUT2D eigenvalue weighted by molar-refractivity contribution is -0.133. The molecule has 16 heavy (non-hydrogen) atoms. The Balaban J connectivity index is 2.42. The molecule has 1 aliphatic rings. The van der Waals surface area contributed by atoms with Gasteiger partial charge in [-0.05, 0) is 31.7 Å². The number of hydrogen-bond donors (Lipinski definition) is 1. The van der Waals surface area contributed by atoms with Crippen molar-refractivity contribution in [2.24, 2.45) is 17.6 Å². The van der Waals surface area contributed by atoms with Crippen molar-refractivity contribution in [1.29, 1.82) is 0 Å². The van der Waals surface area contributed by atoms with E-state index in [4.69, 9.17) is 10.5 Å². The van der Waals surface area contributed by atoms with Gasteiger partial charge in [0.2, 0.25) is 5.91 Å². The predicted molar refractivity (Wildman–Crippen MR) is 64.0 cm³/mol. The molecule has 1 heterocycles. The van der Waals surface area contributed by atoms with Crippen molar-refractivity contribution in [2.45, 2.75) is 32.7 Å². The second-order valence-corrected chi connectivity index (χ2v) is 5.00. The van der Waals surface area contributed by atoms with E-state index < -0.39 is 0 Å². The van der Waals surface area contributed by atoms with Gasteiger partial charge in [0.05, 0.1) is 0 Å². The molecule has 3 atom stereocenters. The zero-order valence-corrected chi connectivity index (χ0v) is 10.6. The fraction of sp³-hybridized carbons (Fsp3) is 0.917. The van der Waals surface area contributed by atoms with Crippen molar-refractivity contribution in [3.8, 4) is 0 Å². The third-order valence-corrected chi connectivity index (χ3v) is 3.29. The maximum absolute atomic E-state index is 12.0. The van der Waals surface area contributed by atoms with Crippen molar-refractivity contribution >= 4 is 5.91 Å². The molecular formula is C12H24N2O2. The molecule has 3 unspecified atom stereocenters. The van der Waals surface area contributed by atoms with Gasteiger partial charge in [-0.1, -0.05) is 6.92 Å². The number of methoxy groups -OCH3 is 1. The van der Waals surface area contributed by atoms with E-state index in [0.29, 0.717) is 37.5 Å². The standard InChI is InChI=1S/C12H24N2O2/c1-9(8-16-3)4-12(15)14-7-11(6-13)5-10(14)2/h9-11H,4-8,13H2,1-3H3. The minimum Gasteiger partial charge on any atom is -0.384 e. The Morgan fingerprint density at radius 2 is 2.31 bits per heavy atom. The number of nitrogens with two attached hydrogens (primary N) is 1. The molecule has 94 valence electrons. The van der Waals surface area contributed by atoms with Gasteiger partial charge in [0.15, 0.2) is 0 Å². The van der Waals surface area contributed by atoms with Crippen LogP contribution in [-0.4, -0.2) is 43.7 Å². The van der Waals surface area contributed by atoms with E-state index in [2.05, 4.69) is 6.92 Å². The molecule has 1 fully saturated rings. The van der Waals surface area contributed by atoms with Crippen LogP contribution >= 0.6 is 0 Å². The van der Waals surface area contributed by atoms with Crippen molar-refractivity contribution in [1.82, 2.24) is 4.90 Å². The average molecular weight is 228 g/mol. The maximum Gasteiger partial charge on any atom is 0.223 e. The Hall–Kier alpha value is -0.610. The topological polar surface area (TPSA) is 55.6 Å². The fourth-order valence-corrected chi connectivity index (χ4v) is 2.42. The highest BCUT2D eigenvalue weighted by Gasteiger charge is 2.31. The molecule has 0 radical (unpaired) electrons. The van der Waals surface area contributed by atoms with Crippen molar-refractivity contribution < 1.29 is 9.53 Å². The van der Waals surface area contributed by atoms with Gasteiger partial charge in [-0.3, -0.25) is 4.79 Å². The van der Waals surface area contributed by atoms with Gasteiger partial charge in [0.25, 0.3) is 0 Å². The fourth-order valence-electron chi connectivity index (χ4n) is 2.42. The minimum absolute atomic E-state index is 0.244. The lowest BCUT2D eigenvalue weighted by Crippen LogP contribution is -2.35. The Morgan fingerprint density at radius 1 is 1.62 bits per heavy atom. The van der Waals surface area contributed by atoms with Crippen LogP contribution in [0.2, 0.25) is 0 Å². The van der Waals surface area contributed by atoms with E-state index in [1.54, 1.807) is 7.11 Å². The van der Waals surface area contributed by atoms with Crippen molar-refractivity contribution in [3.63, 3.8) is 0 Å². The van der Waals surface area contributed by atoms with E-state index in [0.717, 1.165) is 13.0 Å². The summed E-state index contributed by atoms with van der Waals surface area (Å²) in [7, 11) is 1.67. The summed E-state index contributed by atoms with van der Waals surface area (Å²) >= 11 is 0. The van der Waals surface area contributed by atoms with Gasteiger partial charge in [0, 0.05) is 32.7 Å². The number of nitrogens with zero attached hydrogens (tertiary/aromatic N) is 1. The highest BCUT2D eigenvalue weighted by Crippen LogP contribution is 2.23. The Bertz CT molecular complexity index is 233. The second-order valence-electron chi connectivity index (χ2n) is 5.00. The molecule has 4 nitrogen and oxygen atoms in total. The first-order valence-electron chi connectivity index (χ1n) is 6.07. The van der Waals surface area contributed by atoms with E-state index in [-0.39, 0.29) is 5.91 Å². The first-order chi connectivity index (χ1) is 7.58. The summed E-state index contributed by atoms with van der Waals surface area (Å²) in [5, 5.41) is 0. The van der Waals surface area contributed by atoms with Crippen LogP contribution in [0.25, 0.3) is 0 Å². The zero-order chi connectivity index (χ0) is 12.1. The molecule has 0 aliphatic carbocycles. The number of rotatable bonds is 5. The second kappa shape index (κ2) is 6.21.